The van der Waals surface area contributed by atoms with Crippen LogP contribution in [0.2, 0.25) is 0 Å². The Kier molecular flexibility index (Phi) is 5.19. The van der Waals surface area contributed by atoms with E-state index < -0.39 is 0 Å². The van der Waals surface area contributed by atoms with E-state index in [-0.39, 0.29) is 5.56 Å². The van der Waals surface area contributed by atoms with Gasteiger partial charge in [0.1, 0.15) is 0 Å². The van der Waals surface area contributed by atoms with Gasteiger partial charge in [0.15, 0.2) is 5.82 Å². The summed E-state index contributed by atoms with van der Waals surface area (Å²) in [5.41, 5.74) is -0.0203. The van der Waals surface area contributed by atoms with E-state index in [0.717, 1.165) is 19.4 Å². The van der Waals surface area contributed by atoms with Crippen molar-refractivity contribution in [2.75, 3.05) is 5.32 Å². The van der Waals surface area contributed by atoms with Gasteiger partial charge in [-0.2, -0.15) is 0 Å². The molecule has 0 aliphatic rings. The number of rotatable bonds is 6. The Balaban J connectivity index is 2.90. The van der Waals surface area contributed by atoms with Crippen LogP contribution in [-0.4, -0.2) is 15.6 Å². The fraction of sp³-hybridized carbons (Fsp3) is 0.692. The molecule has 4 nitrogen and oxygen atoms in total. The van der Waals surface area contributed by atoms with E-state index in [1.807, 2.05) is 0 Å². The van der Waals surface area contributed by atoms with Gasteiger partial charge in [0, 0.05) is 25.0 Å². The summed E-state index contributed by atoms with van der Waals surface area (Å²) in [6, 6.07) is 0.324. The van der Waals surface area contributed by atoms with Gasteiger partial charge >= 0.3 is 0 Å². The van der Waals surface area contributed by atoms with Crippen LogP contribution in [0.1, 0.15) is 40.5 Å². The first kappa shape index (κ1) is 13.7. The van der Waals surface area contributed by atoms with Crippen molar-refractivity contribution in [2.24, 2.45) is 5.92 Å². The molecule has 0 amide bonds. The lowest BCUT2D eigenvalue weighted by Crippen LogP contribution is -2.29. The second kappa shape index (κ2) is 6.42. The smallest absolute Gasteiger partial charge is 0.293 e. The summed E-state index contributed by atoms with van der Waals surface area (Å²) in [6.07, 6.45) is 5.43. The first-order valence-corrected chi connectivity index (χ1v) is 6.40. The highest BCUT2D eigenvalue weighted by atomic mass is 16.1. The van der Waals surface area contributed by atoms with Crippen molar-refractivity contribution >= 4 is 5.82 Å². The maximum atomic E-state index is 12.1. The van der Waals surface area contributed by atoms with E-state index in [9.17, 15) is 4.79 Å². The topological polar surface area (TPSA) is 46.9 Å². The van der Waals surface area contributed by atoms with Crippen LogP contribution in [0.15, 0.2) is 17.2 Å². The maximum absolute atomic E-state index is 12.1. The molecule has 0 atom stereocenters. The van der Waals surface area contributed by atoms with Crippen LogP contribution in [0.4, 0.5) is 5.82 Å². The van der Waals surface area contributed by atoms with Gasteiger partial charge in [0.2, 0.25) is 0 Å². The third-order valence-corrected chi connectivity index (χ3v) is 2.80. The largest absolute Gasteiger partial charge is 0.363 e. The zero-order valence-corrected chi connectivity index (χ0v) is 11.2. The van der Waals surface area contributed by atoms with Crippen LogP contribution in [0, 0.1) is 5.92 Å². The zero-order chi connectivity index (χ0) is 12.8. The van der Waals surface area contributed by atoms with Crippen molar-refractivity contribution < 1.29 is 0 Å². The molecule has 17 heavy (non-hydrogen) atoms. The molecule has 0 saturated carbocycles. The van der Waals surface area contributed by atoms with Crippen molar-refractivity contribution in [2.45, 2.75) is 53.1 Å². The molecule has 1 N–H and O–H groups in total. The summed E-state index contributed by atoms with van der Waals surface area (Å²) in [5, 5.41) is 3.22. The normalized spacial score (nSPS) is 11.2. The van der Waals surface area contributed by atoms with Crippen LogP contribution in [0.25, 0.3) is 0 Å². The number of aromatic nitrogens is 2. The summed E-state index contributed by atoms with van der Waals surface area (Å²) in [7, 11) is 0. The molecule has 1 heterocycles. The molecule has 0 aromatic carbocycles. The Morgan fingerprint density at radius 3 is 2.53 bits per heavy atom. The first-order chi connectivity index (χ1) is 8.08. The summed E-state index contributed by atoms with van der Waals surface area (Å²) in [5.74, 6) is 0.929. The number of hydrogen-bond donors (Lipinski definition) is 1. The lowest BCUT2D eigenvalue weighted by Gasteiger charge is -2.16. The van der Waals surface area contributed by atoms with Crippen molar-refractivity contribution in [1.82, 2.24) is 9.55 Å². The molecule has 0 aliphatic carbocycles. The highest BCUT2D eigenvalue weighted by Gasteiger charge is 2.09. The van der Waals surface area contributed by atoms with Crippen LogP contribution in [0.5, 0.6) is 0 Å². The molecule has 0 saturated heterocycles. The Bertz CT molecular complexity index is 394. The van der Waals surface area contributed by atoms with Crippen LogP contribution < -0.4 is 10.9 Å². The van der Waals surface area contributed by atoms with Gasteiger partial charge in [-0.15, -0.1) is 0 Å². The predicted octanol–water partition coefficient (Wildman–Crippen LogP) is 2.50. The van der Waals surface area contributed by atoms with Crippen LogP contribution >= 0.6 is 0 Å². The fourth-order valence-electron chi connectivity index (χ4n) is 1.77. The predicted molar refractivity (Wildman–Crippen MR) is 71.3 cm³/mol. The molecular formula is C13H23N3O. The SMILES string of the molecule is CCC(CC)Nc1nccn(CC(C)C)c1=O. The molecule has 0 radical (unpaired) electrons. The van der Waals surface area contributed by atoms with E-state index in [2.05, 4.69) is 38.0 Å². The van der Waals surface area contributed by atoms with Gasteiger partial charge in [0.05, 0.1) is 0 Å². The number of anilines is 1. The second-order valence-electron chi connectivity index (χ2n) is 4.78. The molecule has 0 unspecified atom stereocenters. The molecule has 0 fully saturated rings. The Hall–Kier alpha value is -1.32. The first-order valence-electron chi connectivity index (χ1n) is 6.40. The average Bonchev–Trinajstić information content (AvgIpc) is 2.30. The van der Waals surface area contributed by atoms with E-state index >= 15 is 0 Å². The molecule has 1 aromatic heterocycles. The minimum atomic E-state index is -0.0203. The van der Waals surface area contributed by atoms with E-state index in [4.69, 9.17) is 0 Å². The lowest BCUT2D eigenvalue weighted by atomic mass is 10.2. The Morgan fingerprint density at radius 1 is 1.35 bits per heavy atom. The zero-order valence-electron chi connectivity index (χ0n) is 11.2. The van der Waals surface area contributed by atoms with Gasteiger partial charge < -0.3 is 9.88 Å². The molecular weight excluding hydrogens is 214 g/mol. The van der Waals surface area contributed by atoms with Crippen molar-refractivity contribution in [3.63, 3.8) is 0 Å². The number of nitrogens with one attached hydrogen (secondary N) is 1. The molecule has 1 aromatic rings. The fourth-order valence-corrected chi connectivity index (χ4v) is 1.77. The standard InChI is InChI=1S/C13H23N3O/c1-5-11(6-2)15-12-13(17)16(8-7-14-12)9-10(3)4/h7-8,10-11H,5-6,9H2,1-4H3,(H,14,15). The van der Waals surface area contributed by atoms with Crippen molar-refractivity contribution in [3.05, 3.63) is 22.7 Å². The van der Waals surface area contributed by atoms with Gasteiger partial charge in [-0.3, -0.25) is 4.79 Å². The van der Waals surface area contributed by atoms with Crippen LogP contribution in [-0.2, 0) is 6.54 Å². The number of hydrogen-bond acceptors (Lipinski definition) is 3. The minimum absolute atomic E-state index is 0.0203. The van der Waals surface area contributed by atoms with E-state index in [0.29, 0.717) is 17.8 Å². The van der Waals surface area contributed by atoms with Gasteiger partial charge in [-0.1, -0.05) is 27.7 Å². The average molecular weight is 237 g/mol. The Morgan fingerprint density at radius 2 is 2.00 bits per heavy atom. The summed E-state index contributed by atoms with van der Waals surface area (Å²) < 4.78 is 1.72. The van der Waals surface area contributed by atoms with Gasteiger partial charge in [0.25, 0.3) is 5.56 Å². The molecule has 0 aliphatic heterocycles. The second-order valence-corrected chi connectivity index (χ2v) is 4.78. The van der Waals surface area contributed by atoms with E-state index in [1.165, 1.54) is 0 Å². The lowest BCUT2D eigenvalue weighted by molar-refractivity contribution is 0.509. The molecule has 96 valence electrons. The molecule has 4 heteroatoms. The van der Waals surface area contributed by atoms with Gasteiger partial charge in [-0.25, -0.2) is 4.98 Å². The van der Waals surface area contributed by atoms with Crippen molar-refractivity contribution in [3.8, 4) is 0 Å². The summed E-state index contributed by atoms with van der Waals surface area (Å²) in [6.45, 7) is 9.15. The highest BCUT2D eigenvalue weighted by molar-refractivity contribution is 5.32. The van der Waals surface area contributed by atoms with Crippen LogP contribution in [0.3, 0.4) is 0 Å². The molecule has 0 spiro atoms. The van der Waals surface area contributed by atoms with Crippen molar-refractivity contribution in [1.29, 1.82) is 0 Å². The summed E-state index contributed by atoms with van der Waals surface area (Å²) >= 11 is 0. The maximum Gasteiger partial charge on any atom is 0.293 e. The third kappa shape index (κ3) is 3.88. The monoisotopic (exact) mass is 237 g/mol. The molecule has 0 bridgehead atoms. The minimum Gasteiger partial charge on any atom is -0.363 e. The quantitative estimate of drug-likeness (QED) is 0.827. The highest BCUT2D eigenvalue weighted by Crippen LogP contribution is 2.04. The number of nitrogens with zero attached hydrogens (tertiary/aromatic N) is 2. The molecule has 1 rings (SSSR count). The van der Waals surface area contributed by atoms with Gasteiger partial charge in [-0.05, 0) is 18.8 Å². The third-order valence-electron chi connectivity index (χ3n) is 2.80. The summed E-state index contributed by atoms with van der Waals surface area (Å²) in [4.78, 5) is 16.2. The Labute approximate surface area is 103 Å². The van der Waals surface area contributed by atoms with E-state index in [1.54, 1.807) is 17.0 Å².